The van der Waals surface area contributed by atoms with Crippen LogP contribution < -0.4 is 0 Å². The number of hydrogen-bond acceptors (Lipinski definition) is 1. The molecule has 0 saturated carbocycles. The molecule has 0 radical (unpaired) electrons. The van der Waals surface area contributed by atoms with E-state index in [-0.39, 0.29) is 0 Å². The van der Waals surface area contributed by atoms with Crippen LogP contribution in [0.5, 0.6) is 5.75 Å². The van der Waals surface area contributed by atoms with E-state index < -0.39 is 0 Å². The first-order valence-corrected chi connectivity index (χ1v) is 7.10. The molecule has 94 valence electrons. The molecule has 0 fully saturated rings. The number of rotatable bonds is 0. The predicted molar refractivity (Wildman–Crippen MR) is 79.7 cm³/mol. The van der Waals surface area contributed by atoms with Crippen molar-refractivity contribution in [3.63, 3.8) is 0 Å². The first-order chi connectivity index (χ1) is 9.20. The number of H-pyrrole nitrogens is 1. The molecular weight excluding hydrogens is 302 g/mol. The molecule has 1 heterocycles. The number of aromatic nitrogens is 1. The van der Waals surface area contributed by atoms with Crippen LogP contribution in [-0.4, -0.2) is 10.1 Å². The zero-order chi connectivity index (χ0) is 13.0. The summed E-state index contributed by atoms with van der Waals surface area (Å²) in [6.07, 6.45) is 1.86. The van der Waals surface area contributed by atoms with Gasteiger partial charge >= 0.3 is 0 Å². The van der Waals surface area contributed by atoms with Crippen LogP contribution in [0.1, 0.15) is 22.4 Å². The minimum Gasteiger partial charge on any atom is -0.508 e. The van der Waals surface area contributed by atoms with Crippen molar-refractivity contribution in [2.75, 3.05) is 0 Å². The van der Waals surface area contributed by atoms with Crippen LogP contribution in [0.15, 0.2) is 40.9 Å². The van der Waals surface area contributed by atoms with Crippen LogP contribution in [0.25, 0.3) is 10.9 Å². The molecule has 2 nitrogen and oxygen atoms in total. The van der Waals surface area contributed by atoms with E-state index in [1.54, 1.807) is 6.07 Å². The average molecular weight is 314 g/mol. The second-order valence-electron chi connectivity index (χ2n) is 5.08. The molecule has 0 aliphatic heterocycles. The lowest BCUT2D eigenvalue weighted by Gasteiger charge is -2.17. The molecule has 1 aromatic heterocycles. The maximum Gasteiger partial charge on any atom is 0.116 e. The van der Waals surface area contributed by atoms with Gasteiger partial charge < -0.3 is 10.1 Å². The van der Waals surface area contributed by atoms with Crippen LogP contribution in [0.2, 0.25) is 0 Å². The molecule has 4 rings (SSSR count). The number of aromatic amines is 1. The molecule has 0 bridgehead atoms. The molecule has 3 heteroatoms. The normalized spacial score (nSPS) is 13.3. The second kappa shape index (κ2) is 3.87. The number of nitrogens with one attached hydrogen (secondary N) is 1. The standard InChI is InChI=1S/C16H12BrNO/c17-11-2-1-9-7-16-13(6-10(9)5-11)14-8-12(19)3-4-15(14)18-16/h1-5,8,18-19H,6-7H2. The Hall–Kier alpha value is -1.74. The predicted octanol–water partition coefficient (Wildman–Crippen LogP) is 4.13. The van der Waals surface area contributed by atoms with Crippen molar-refractivity contribution in [2.24, 2.45) is 0 Å². The highest BCUT2D eigenvalue weighted by molar-refractivity contribution is 9.10. The molecule has 1 aliphatic rings. The van der Waals surface area contributed by atoms with Gasteiger partial charge in [0.05, 0.1) is 0 Å². The summed E-state index contributed by atoms with van der Waals surface area (Å²) in [4.78, 5) is 3.48. The second-order valence-corrected chi connectivity index (χ2v) is 5.99. The molecule has 1 aliphatic carbocycles. The van der Waals surface area contributed by atoms with Gasteiger partial charge in [-0.2, -0.15) is 0 Å². The van der Waals surface area contributed by atoms with Gasteiger partial charge in [0.1, 0.15) is 5.75 Å². The Balaban J connectivity index is 1.94. The van der Waals surface area contributed by atoms with E-state index in [0.29, 0.717) is 5.75 Å². The molecular formula is C16H12BrNO. The zero-order valence-electron chi connectivity index (χ0n) is 10.2. The summed E-state index contributed by atoms with van der Waals surface area (Å²) in [5.41, 5.74) is 6.44. The molecule has 0 unspecified atom stereocenters. The van der Waals surface area contributed by atoms with Crippen molar-refractivity contribution in [2.45, 2.75) is 12.8 Å². The Morgan fingerprint density at radius 1 is 1.00 bits per heavy atom. The van der Waals surface area contributed by atoms with E-state index in [0.717, 1.165) is 28.2 Å². The van der Waals surface area contributed by atoms with Crippen molar-refractivity contribution in [1.29, 1.82) is 0 Å². The van der Waals surface area contributed by atoms with Gasteiger partial charge in [-0.15, -0.1) is 0 Å². The summed E-state index contributed by atoms with van der Waals surface area (Å²) in [5.74, 6) is 0.328. The quantitative estimate of drug-likeness (QED) is 0.503. The Labute approximate surface area is 119 Å². The smallest absolute Gasteiger partial charge is 0.116 e. The van der Waals surface area contributed by atoms with Gasteiger partial charge in [-0.3, -0.25) is 0 Å². The number of hydrogen-bond donors (Lipinski definition) is 2. The fraction of sp³-hybridized carbons (Fsp3) is 0.125. The highest BCUT2D eigenvalue weighted by Crippen LogP contribution is 2.34. The summed E-state index contributed by atoms with van der Waals surface area (Å²) >= 11 is 3.53. The van der Waals surface area contributed by atoms with E-state index >= 15 is 0 Å². The third-order valence-electron chi connectivity index (χ3n) is 3.88. The summed E-state index contributed by atoms with van der Waals surface area (Å²) in [7, 11) is 0. The lowest BCUT2D eigenvalue weighted by atomic mass is 9.89. The molecule has 0 amide bonds. The Morgan fingerprint density at radius 3 is 2.79 bits per heavy atom. The van der Waals surface area contributed by atoms with Crippen molar-refractivity contribution >= 4 is 26.8 Å². The topological polar surface area (TPSA) is 36.0 Å². The Morgan fingerprint density at radius 2 is 1.89 bits per heavy atom. The molecule has 3 aromatic rings. The minimum absolute atomic E-state index is 0.328. The average Bonchev–Trinajstić information content (AvgIpc) is 2.73. The van der Waals surface area contributed by atoms with Crippen molar-refractivity contribution in [3.05, 3.63) is 63.3 Å². The Bertz CT molecular complexity index is 804. The first kappa shape index (κ1) is 11.1. The van der Waals surface area contributed by atoms with Crippen molar-refractivity contribution in [3.8, 4) is 5.75 Å². The number of fused-ring (bicyclic) bond motifs is 4. The lowest BCUT2D eigenvalue weighted by molar-refractivity contribution is 0.476. The van der Waals surface area contributed by atoms with E-state index in [4.69, 9.17) is 0 Å². The van der Waals surface area contributed by atoms with Gasteiger partial charge in [0, 0.05) is 33.9 Å². The molecule has 19 heavy (non-hydrogen) atoms. The SMILES string of the molecule is Oc1ccc2[nH]c3c(c2c1)Cc1cc(Br)ccc1C3. The molecule has 0 atom stereocenters. The fourth-order valence-electron chi connectivity index (χ4n) is 2.96. The van der Waals surface area contributed by atoms with E-state index in [1.807, 2.05) is 12.1 Å². The maximum absolute atomic E-state index is 9.67. The van der Waals surface area contributed by atoms with Crippen molar-refractivity contribution in [1.82, 2.24) is 4.98 Å². The molecule has 0 saturated heterocycles. The largest absolute Gasteiger partial charge is 0.508 e. The van der Waals surface area contributed by atoms with E-state index in [2.05, 4.69) is 39.1 Å². The lowest BCUT2D eigenvalue weighted by Crippen LogP contribution is -2.06. The van der Waals surface area contributed by atoms with Gasteiger partial charge in [0.15, 0.2) is 0 Å². The van der Waals surface area contributed by atoms with Crippen LogP contribution >= 0.6 is 15.9 Å². The minimum atomic E-state index is 0.328. The van der Waals surface area contributed by atoms with E-state index in [1.165, 1.54) is 22.4 Å². The van der Waals surface area contributed by atoms with E-state index in [9.17, 15) is 5.11 Å². The van der Waals surface area contributed by atoms with Gasteiger partial charge in [-0.05, 0) is 47.0 Å². The maximum atomic E-state index is 9.67. The summed E-state index contributed by atoms with van der Waals surface area (Å²) in [6.45, 7) is 0. The summed E-state index contributed by atoms with van der Waals surface area (Å²) in [6, 6.07) is 12.0. The third kappa shape index (κ3) is 1.69. The van der Waals surface area contributed by atoms with Gasteiger partial charge in [0.25, 0.3) is 0 Å². The molecule has 2 aromatic carbocycles. The highest BCUT2D eigenvalue weighted by Gasteiger charge is 2.20. The van der Waals surface area contributed by atoms with Crippen LogP contribution in [0, 0.1) is 0 Å². The number of phenols is 1. The van der Waals surface area contributed by atoms with Gasteiger partial charge in [0.2, 0.25) is 0 Å². The number of benzene rings is 2. The monoisotopic (exact) mass is 313 g/mol. The Kier molecular flexibility index (Phi) is 2.27. The number of phenolic OH excluding ortho intramolecular Hbond substituents is 1. The highest BCUT2D eigenvalue weighted by atomic mass is 79.9. The van der Waals surface area contributed by atoms with Crippen molar-refractivity contribution < 1.29 is 5.11 Å². The summed E-state index contributed by atoms with van der Waals surface area (Å²) in [5, 5.41) is 10.8. The van der Waals surface area contributed by atoms with Crippen LogP contribution in [0.3, 0.4) is 0 Å². The number of aromatic hydroxyl groups is 1. The fourth-order valence-corrected chi connectivity index (χ4v) is 3.37. The van der Waals surface area contributed by atoms with Crippen LogP contribution in [0.4, 0.5) is 0 Å². The number of halogens is 1. The first-order valence-electron chi connectivity index (χ1n) is 6.30. The molecule has 0 spiro atoms. The van der Waals surface area contributed by atoms with Crippen LogP contribution in [-0.2, 0) is 12.8 Å². The van der Waals surface area contributed by atoms with Gasteiger partial charge in [-0.25, -0.2) is 0 Å². The van der Waals surface area contributed by atoms with Gasteiger partial charge in [-0.1, -0.05) is 22.0 Å². The molecule has 2 N–H and O–H groups in total. The zero-order valence-corrected chi connectivity index (χ0v) is 11.8. The summed E-state index contributed by atoms with van der Waals surface area (Å²) < 4.78 is 1.12. The third-order valence-corrected chi connectivity index (χ3v) is 4.37.